The number of carbonyl (C=O) groups is 2. The Balaban J connectivity index is 1.61. The molecule has 2 amide bonds. The fraction of sp³-hybridized carbons (Fsp3) is 0.500. The van der Waals surface area contributed by atoms with Crippen molar-refractivity contribution in [1.29, 1.82) is 0 Å². The number of hydrogen-bond donors (Lipinski definition) is 1. The number of hydrogen-bond acceptors (Lipinski definition) is 5. The minimum absolute atomic E-state index is 0.0193. The summed E-state index contributed by atoms with van der Waals surface area (Å²) in [6.07, 6.45) is 10.5. The summed E-state index contributed by atoms with van der Waals surface area (Å²) >= 11 is 0. The predicted molar refractivity (Wildman–Crippen MR) is 99.9 cm³/mol. The Kier molecular flexibility index (Phi) is 6.57. The van der Waals surface area contributed by atoms with Gasteiger partial charge in [-0.15, -0.1) is 0 Å². The molecule has 0 bridgehead atoms. The first-order chi connectivity index (χ1) is 13.1. The van der Waals surface area contributed by atoms with Crippen LogP contribution >= 0.6 is 0 Å². The smallest absolute Gasteiger partial charge is 0.274 e. The summed E-state index contributed by atoms with van der Waals surface area (Å²) in [6.45, 7) is 2.41. The Hall–Kier alpha value is -2.70. The lowest BCUT2D eigenvalue weighted by Crippen LogP contribution is -2.39. The van der Waals surface area contributed by atoms with E-state index in [-0.39, 0.29) is 36.5 Å². The summed E-state index contributed by atoms with van der Waals surface area (Å²) in [5.74, 6) is 0.384. The fourth-order valence-corrected chi connectivity index (χ4v) is 3.29. The molecular formula is C20H26N4O3. The van der Waals surface area contributed by atoms with E-state index >= 15 is 0 Å². The van der Waals surface area contributed by atoms with Crippen molar-refractivity contribution in [2.75, 3.05) is 6.54 Å². The van der Waals surface area contributed by atoms with Gasteiger partial charge in [-0.05, 0) is 31.9 Å². The second kappa shape index (κ2) is 9.30. The van der Waals surface area contributed by atoms with Crippen molar-refractivity contribution in [2.24, 2.45) is 0 Å². The second-order valence-electron chi connectivity index (χ2n) is 7.00. The van der Waals surface area contributed by atoms with Gasteiger partial charge in [-0.1, -0.05) is 19.3 Å². The first-order valence-corrected chi connectivity index (χ1v) is 9.51. The largest absolute Gasteiger partial charge is 0.467 e. The highest BCUT2D eigenvalue weighted by Crippen LogP contribution is 2.17. The maximum Gasteiger partial charge on any atom is 0.274 e. The summed E-state index contributed by atoms with van der Waals surface area (Å²) in [5, 5.41) is 3.09. The molecule has 0 spiro atoms. The van der Waals surface area contributed by atoms with E-state index in [0.717, 1.165) is 18.5 Å². The molecule has 1 aliphatic rings. The number of aromatic nitrogens is 2. The van der Waals surface area contributed by atoms with E-state index in [1.165, 1.54) is 25.5 Å². The second-order valence-corrected chi connectivity index (χ2v) is 7.00. The number of rotatable bonds is 7. The Labute approximate surface area is 159 Å². The normalized spacial score (nSPS) is 14.7. The van der Waals surface area contributed by atoms with Crippen LogP contribution in [0.4, 0.5) is 0 Å². The van der Waals surface area contributed by atoms with Crippen molar-refractivity contribution in [3.8, 4) is 0 Å². The molecule has 0 atom stereocenters. The Morgan fingerprint density at radius 2 is 2.04 bits per heavy atom. The maximum atomic E-state index is 12.8. The van der Waals surface area contributed by atoms with Gasteiger partial charge in [0.1, 0.15) is 11.5 Å². The molecule has 3 rings (SSSR count). The summed E-state index contributed by atoms with van der Waals surface area (Å²) in [6, 6.07) is 3.85. The lowest BCUT2D eigenvalue weighted by Gasteiger charge is -2.24. The first-order valence-electron chi connectivity index (χ1n) is 9.51. The first kappa shape index (κ1) is 19.1. The highest BCUT2D eigenvalue weighted by atomic mass is 16.3. The molecule has 0 saturated heterocycles. The molecule has 1 fully saturated rings. The minimum atomic E-state index is -0.260. The molecule has 0 unspecified atom stereocenters. The van der Waals surface area contributed by atoms with Gasteiger partial charge in [0.2, 0.25) is 5.91 Å². The number of aryl methyl sites for hydroxylation is 1. The van der Waals surface area contributed by atoms with Gasteiger partial charge >= 0.3 is 0 Å². The van der Waals surface area contributed by atoms with Crippen LogP contribution in [0.1, 0.15) is 60.5 Å². The lowest BCUT2D eigenvalue weighted by atomic mass is 9.95. The zero-order valence-electron chi connectivity index (χ0n) is 15.7. The summed E-state index contributed by atoms with van der Waals surface area (Å²) in [5.41, 5.74) is 1.01. The standard InChI is InChI=1S/C20H26N4O3/c1-15-12-22-18(13-21-15)20(26)24(14-17-8-5-11-27-17)10-9-19(25)23-16-6-3-2-4-7-16/h5,8,11-13,16H,2-4,6-7,9-10,14H2,1H3,(H,23,25). The van der Waals surface area contributed by atoms with E-state index < -0.39 is 0 Å². The van der Waals surface area contributed by atoms with Crippen LogP contribution in [0.5, 0.6) is 0 Å². The van der Waals surface area contributed by atoms with Crippen LogP contribution in [0.15, 0.2) is 35.2 Å². The molecule has 1 aliphatic carbocycles. The molecular weight excluding hydrogens is 344 g/mol. The molecule has 2 aromatic heterocycles. The third-order valence-corrected chi connectivity index (χ3v) is 4.79. The molecule has 7 heteroatoms. The zero-order chi connectivity index (χ0) is 19.1. The number of furan rings is 1. The molecule has 0 aromatic carbocycles. The van der Waals surface area contributed by atoms with E-state index in [4.69, 9.17) is 4.42 Å². The Morgan fingerprint density at radius 1 is 1.22 bits per heavy atom. The third kappa shape index (κ3) is 5.64. The minimum Gasteiger partial charge on any atom is -0.467 e. The number of nitrogens with one attached hydrogen (secondary N) is 1. The molecule has 0 radical (unpaired) electrons. The SMILES string of the molecule is Cc1cnc(C(=O)N(CCC(=O)NC2CCCCC2)Cc2ccco2)cn1. The number of amides is 2. The van der Waals surface area contributed by atoms with Gasteiger partial charge in [0.05, 0.1) is 24.7 Å². The van der Waals surface area contributed by atoms with Gasteiger partial charge in [0.15, 0.2) is 0 Å². The molecule has 2 aromatic rings. The van der Waals surface area contributed by atoms with E-state index in [1.807, 2.05) is 13.0 Å². The number of nitrogens with zero attached hydrogens (tertiary/aromatic N) is 3. The van der Waals surface area contributed by atoms with Crippen molar-refractivity contribution < 1.29 is 14.0 Å². The van der Waals surface area contributed by atoms with Crippen LogP contribution in [-0.4, -0.2) is 39.3 Å². The van der Waals surface area contributed by atoms with Gasteiger partial charge in [0, 0.05) is 25.2 Å². The lowest BCUT2D eigenvalue weighted by molar-refractivity contribution is -0.122. The van der Waals surface area contributed by atoms with E-state index in [2.05, 4.69) is 15.3 Å². The van der Waals surface area contributed by atoms with Gasteiger partial charge in [-0.25, -0.2) is 4.98 Å². The summed E-state index contributed by atoms with van der Waals surface area (Å²) < 4.78 is 5.37. The summed E-state index contributed by atoms with van der Waals surface area (Å²) in [4.78, 5) is 35.0. The Bertz CT molecular complexity index is 737. The van der Waals surface area contributed by atoms with Crippen LogP contribution in [-0.2, 0) is 11.3 Å². The van der Waals surface area contributed by atoms with Crippen molar-refractivity contribution >= 4 is 11.8 Å². The predicted octanol–water partition coefficient (Wildman–Crippen LogP) is 2.86. The topological polar surface area (TPSA) is 88.3 Å². The maximum absolute atomic E-state index is 12.8. The molecule has 2 heterocycles. The summed E-state index contributed by atoms with van der Waals surface area (Å²) in [7, 11) is 0. The van der Waals surface area contributed by atoms with E-state index in [9.17, 15) is 9.59 Å². The highest BCUT2D eigenvalue weighted by molar-refractivity contribution is 5.92. The average molecular weight is 370 g/mol. The molecule has 27 heavy (non-hydrogen) atoms. The quantitative estimate of drug-likeness (QED) is 0.810. The van der Waals surface area contributed by atoms with Gasteiger partial charge in [0.25, 0.3) is 5.91 Å². The molecule has 1 saturated carbocycles. The monoisotopic (exact) mass is 370 g/mol. The van der Waals surface area contributed by atoms with Crippen molar-refractivity contribution in [3.63, 3.8) is 0 Å². The van der Waals surface area contributed by atoms with Crippen LogP contribution in [0.2, 0.25) is 0 Å². The fourth-order valence-electron chi connectivity index (χ4n) is 3.29. The molecule has 7 nitrogen and oxygen atoms in total. The molecule has 1 N–H and O–H groups in total. The van der Waals surface area contributed by atoms with Crippen molar-refractivity contribution in [3.05, 3.63) is 47.9 Å². The highest BCUT2D eigenvalue weighted by Gasteiger charge is 2.21. The van der Waals surface area contributed by atoms with Crippen LogP contribution in [0, 0.1) is 6.92 Å². The molecule has 0 aliphatic heterocycles. The average Bonchev–Trinajstić information content (AvgIpc) is 3.19. The number of carbonyl (C=O) groups excluding carboxylic acids is 2. The van der Waals surface area contributed by atoms with Crippen LogP contribution in [0.25, 0.3) is 0 Å². The van der Waals surface area contributed by atoms with Gasteiger partial charge in [-0.3, -0.25) is 14.6 Å². The van der Waals surface area contributed by atoms with Crippen LogP contribution in [0.3, 0.4) is 0 Å². The van der Waals surface area contributed by atoms with Crippen molar-refractivity contribution in [1.82, 2.24) is 20.2 Å². The van der Waals surface area contributed by atoms with E-state index in [1.54, 1.807) is 23.4 Å². The molecule has 144 valence electrons. The van der Waals surface area contributed by atoms with Crippen molar-refractivity contribution in [2.45, 2.75) is 58.0 Å². The zero-order valence-corrected chi connectivity index (χ0v) is 15.7. The van der Waals surface area contributed by atoms with E-state index in [0.29, 0.717) is 12.3 Å². The Morgan fingerprint density at radius 3 is 2.70 bits per heavy atom. The van der Waals surface area contributed by atoms with Gasteiger partial charge < -0.3 is 14.6 Å². The third-order valence-electron chi connectivity index (χ3n) is 4.79. The van der Waals surface area contributed by atoms with Gasteiger partial charge in [-0.2, -0.15) is 0 Å². The van der Waals surface area contributed by atoms with Crippen LogP contribution < -0.4 is 5.32 Å².